The molecule has 1 aromatic heterocycles. The molecule has 1 atom stereocenters. The van der Waals surface area contributed by atoms with Gasteiger partial charge in [-0.05, 0) is 56.8 Å². The molecule has 0 radical (unpaired) electrons. The smallest absolute Gasteiger partial charge is 0.128 e. The number of nitrogens with zero attached hydrogens (tertiary/aromatic N) is 1. The molecule has 0 saturated carbocycles. The van der Waals surface area contributed by atoms with Crippen LogP contribution in [0.25, 0.3) is 0 Å². The van der Waals surface area contributed by atoms with Crippen LogP contribution in [-0.2, 0) is 0 Å². The number of aromatic nitrogens is 1. The first-order valence-corrected chi connectivity index (χ1v) is 6.08. The summed E-state index contributed by atoms with van der Waals surface area (Å²) in [5.41, 5.74) is 2.88. The van der Waals surface area contributed by atoms with E-state index in [2.05, 4.69) is 10.3 Å². The third-order valence-electron chi connectivity index (χ3n) is 2.99. The van der Waals surface area contributed by atoms with E-state index in [4.69, 9.17) is 0 Å². The average Bonchev–Trinajstić information content (AvgIpc) is 2.33. The van der Waals surface area contributed by atoms with Gasteiger partial charge >= 0.3 is 0 Å². The molecule has 0 aliphatic heterocycles. The van der Waals surface area contributed by atoms with Gasteiger partial charge < -0.3 is 5.32 Å². The number of benzene rings is 1. The molecule has 0 saturated heterocycles. The molecule has 1 unspecified atom stereocenters. The van der Waals surface area contributed by atoms with Crippen LogP contribution in [0.4, 0.5) is 8.78 Å². The molecule has 1 aromatic carbocycles. The Morgan fingerprint density at radius 1 is 1.05 bits per heavy atom. The van der Waals surface area contributed by atoms with Crippen molar-refractivity contribution in [3.05, 3.63) is 64.5 Å². The van der Waals surface area contributed by atoms with Crippen LogP contribution >= 0.6 is 0 Å². The van der Waals surface area contributed by atoms with E-state index in [1.165, 1.54) is 6.07 Å². The van der Waals surface area contributed by atoms with Gasteiger partial charge in [-0.1, -0.05) is 0 Å². The first-order chi connectivity index (χ1) is 9.01. The van der Waals surface area contributed by atoms with Crippen molar-refractivity contribution >= 4 is 0 Å². The lowest BCUT2D eigenvalue weighted by atomic mass is 9.97. The highest BCUT2D eigenvalue weighted by molar-refractivity contribution is 5.34. The summed E-state index contributed by atoms with van der Waals surface area (Å²) in [6.07, 6.45) is 0. The number of nitrogens with one attached hydrogen (secondary N) is 1. The Morgan fingerprint density at radius 3 is 2.26 bits per heavy atom. The predicted molar refractivity (Wildman–Crippen MR) is 71.0 cm³/mol. The monoisotopic (exact) mass is 262 g/mol. The third kappa shape index (κ3) is 2.96. The summed E-state index contributed by atoms with van der Waals surface area (Å²) >= 11 is 0. The van der Waals surface area contributed by atoms with Crippen molar-refractivity contribution in [3.8, 4) is 0 Å². The van der Waals surface area contributed by atoms with Crippen molar-refractivity contribution in [1.29, 1.82) is 0 Å². The lowest BCUT2D eigenvalue weighted by Crippen LogP contribution is -2.19. The van der Waals surface area contributed by atoms with Crippen molar-refractivity contribution in [2.24, 2.45) is 0 Å². The number of aryl methyl sites for hydroxylation is 2. The second-order valence-electron chi connectivity index (χ2n) is 4.57. The minimum Gasteiger partial charge on any atom is -0.309 e. The van der Waals surface area contributed by atoms with Crippen LogP contribution in [0.1, 0.15) is 28.6 Å². The van der Waals surface area contributed by atoms with Gasteiger partial charge in [0.05, 0.1) is 6.04 Å². The zero-order valence-corrected chi connectivity index (χ0v) is 11.2. The van der Waals surface area contributed by atoms with Gasteiger partial charge in [-0.3, -0.25) is 4.98 Å². The maximum Gasteiger partial charge on any atom is 0.128 e. The van der Waals surface area contributed by atoms with Crippen molar-refractivity contribution in [3.63, 3.8) is 0 Å². The van der Waals surface area contributed by atoms with E-state index in [1.807, 2.05) is 26.0 Å². The molecule has 0 fully saturated rings. The van der Waals surface area contributed by atoms with E-state index in [0.29, 0.717) is 5.56 Å². The van der Waals surface area contributed by atoms with E-state index >= 15 is 0 Å². The molecule has 2 rings (SSSR count). The topological polar surface area (TPSA) is 24.9 Å². The summed E-state index contributed by atoms with van der Waals surface area (Å²) in [5.74, 6) is -0.869. The van der Waals surface area contributed by atoms with Crippen molar-refractivity contribution in [2.75, 3.05) is 7.05 Å². The van der Waals surface area contributed by atoms with Crippen molar-refractivity contribution in [2.45, 2.75) is 19.9 Å². The highest BCUT2D eigenvalue weighted by Gasteiger charge is 2.17. The number of rotatable bonds is 3. The van der Waals surface area contributed by atoms with Crippen molar-refractivity contribution < 1.29 is 8.78 Å². The first kappa shape index (κ1) is 13.6. The molecule has 2 aromatic rings. The summed E-state index contributed by atoms with van der Waals surface area (Å²) in [6, 6.07) is 6.85. The first-order valence-electron chi connectivity index (χ1n) is 6.08. The summed E-state index contributed by atoms with van der Waals surface area (Å²) < 4.78 is 27.2. The average molecular weight is 262 g/mol. The molecule has 1 heterocycles. The molecule has 0 amide bonds. The fourth-order valence-corrected chi connectivity index (χ4v) is 2.27. The minimum atomic E-state index is -0.445. The van der Waals surface area contributed by atoms with Crippen LogP contribution in [0.2, 0.25) is 0 Å². The Bertz CT molecular complexity index is 576. The maximum atomic E-state index is 13.9. The highest BCUT2D eigenvalue weighted by atomic mass is 19.1. The Hall–Kier alpha value is -1.81. The van der Waals surface area contributed by atoms with Crippen LogP contribution < -0.4 is 5.32 Å². The predicted octanol–water partition coefficient (Wildman–Crippen LogP) is 3.29. The van der Waals surface area contributed by atoms with Gasteiger partial charge in [-0.15, -0.1) is 0 Å². The second kappa shape index (κ2) is 5.45. The second-order valence-corrected chi connectivity index (χ2v) is 4.57. The van der Waals surface area contributed by atoms with E-state index < -0.39 is 17.7 Å². The highest BCUT2D eigenvalue weighted by Crippen LogP contribution is 2.25. The molecular formula is C15H16F2N2. The van der Waals surface area contributed by atoms with Crippen LogP contribution in [0.3, 0.4) is 0 Å². The lowest BCUT2D eigenvalue weighted by molar-refractivity contribution is 0.557. The van der Waals surface area contributed by atoms with E-state index in [-0.39, 0.29) is 0 Å². The molecule has 4 heteroatoms. The Morgan fingerprint density at radius 2 is 1.68 bits per heavy atom. The minimum absolute atomic E-state index is 0.299. The zero-order chi connectivity index (χ0) is 14.0. The molecule has 0 bridgehead atoms. The van der Waals surface area contributed by atoms with Gasteiger partial charge in [-0.2, -0.15) is 0 Å². The van der Waals surface area contributed by atoms with E-state index in [1.54, 1.807) is 7.05 Å². The lowest BCUT2D eigenvalue weighted by Gasteiger charge is -2.19. The summed E-state index contributed by atoms with van der Waals surface area (Å²) in [5, 5.41) is 3.02. The van der Waals surface area contributed by atoms with Gasteiger partial charge in [-0.25, -0.2) is 8.78 Å². The summed E-state index contributed by atoms with van der Waals surface area (Å²) in [7, 11) is 1.72. The van der Waals surface area contributed by atoms with E-state index in [0.717, 1.165) is 29.1 Å². The Labute approximate surface area is 111 Å². The Kier molecular flexibility index (Phi) is 3.90. The summed E-state index contributed by atoms with van der Waals surface area (Å²) in [4.78, 5) is 4.29. The third-order valence-corrected chi connectivity index (χ3v) is 2.99. The number of hydrogen-bond donors (Lipinski definition) is 1. The van der Waals surface area contributed by atoms with Crippen LogP contribution in [0.15, 0.2) is 30.3 Å². The SMILES string of the molecule is CNC(c1cc(C)nc(C)c1)c1cc(F)ccc1F. The van der Waals surface area contributed by atoms with Crippen LogP contribution in [0.5, 0.6) is 0 Å². The van der Waals surface area contributed by atoms with Gasteiger partial charge in [0.2, 0.25) is 0 Å². The van der Waals surface area contributed by atoms with Crippen LogP contribution in [-0.4, -0.2) is 12.0 Å². The van der Waals surface area contributed by atoms with Gasteiger partial charge in [0.25, 0.3) is 0 Å². The largest absolute Gasteiger partial charge is 0.309 e. The fourth-order valence-electron chi connectivity index (χ4n) is 2.27. The molecule has 2 nitrogen and oxygen atoms in total. The van der Waals surface area contributed by atoms with Gasteiger partial charge in [0.1, 0.15) is 11.6 Å². The van der Waals surface area contributed by atoms with Gasteiger partial charge in [0, 0.05) is 17.0 Å². The van der Waals surface area contributed by atoms with Gasteiger partial charge in [0.15, 0.2) is 0 Å². The molecular weight excluding hydrogens is 246 g/mol. The molecule has 19 heavy (non-hydrogen) atoms. The quantitative estimate of drug-likeness (QED) is 0.918. The fraction of sp³-hybridized carbons (Fsp3) is 0.267. The molecule has 0 spiro atoms. The number of halogens is 2. The summed E-state index contributed by atoms with van der Waals surface area (Å²) in [6.45, 7) is 3.76. The zero-order valence-electron chi connectivity index (χ0n) is 11.2. The molecule has 1 N–H and O–H groups in total. The number of pyridine rings is 1. The maximum absolute atomic E-state index is 13.9. The molecule has 0 aliphatic rings. The van der Waals surface area contributed by atoms with E-state index in [9.17, 15) is 8.78 Å². The molecule has 100 valence electrons. The number of hydrogen-bond acceptors (Lipinski definition) is 2. The van der Waals surface area contributed by atoms with Crippen LogP contribution in [0, 0.1) is 25.5 Å². The standard InChI is InChI=1S/C15H16F2N2/c1-9-6-11(7-10(2)19-9)15(18-3)13-8-12(16)4-5-14(13)17/h4-8,15,18H,1-3H3. The van der Waals surface area contributed by atoms with Crippen molar-refractivity contribution in [1.82, 2.24) is 10.3 Å². The Balaban J connectivity index is 2.52. The molecule has 0 aliphatic carbocycles. The normalized spacial score (nSPS) is 12.5.